The molecule has 3 aliphatic rings. The fourth-order valence-electron chi connectivity index (χ4n) is 4.77. The molecule has 1 saturated carbocycles. The molecule has 11 heteroatoms. The Hall–Kier alpha value is -1.92. The van der Waals surface area contributed by atoms with Gasteiger partial charge in [0, 0.05) is 16.0 Å². The molecule has 172 valence electrons. The Kier molecular flexibility index (Phi) is 4.99. The Bertz CT molecular complexity index is 1260. The van der Waals surface area contributed by atoms with Crippen molar-refractivity contribution in [3.63, 3.8) is 0 Å². The van der Waals surface area contributed by atoms with Crippen molar-refractivity contribution in [1.82, 2.24) is 4.98 Å². The number of urea groups is 1. The molecule has 32 heavy (non-hydrogen) atoms. The van der Waals surface area contributed by atoms with Gasteiger partial charge < -0.3 is 15.5 Å². The van der Waals surface area contributed by atoms with Gasteiger partial charge in [0.15, 0.2) is 19.9 Å². The van der Waals surface area contributed by atoms with Gasteiger partial charge in [0.1, 0.15) is 5.60 Å². The first-order valence-corrected chi connectivity index (χ1v) is 13.0. The molecule has 2 aromatic heterocycles. The number of pyridine rings is 1. The second kappa shape index (κ2) is 7.29. The van der Waals surface area contributed by atoms with Crippen LogP contribution in [0.2, 0.25) is 0 Å². The summed E-state index contributed by atoms with van der Waals surface area (Å²) in [5.74, 6) is -0.941. The number of aromatic nitrogens is 1. The number of nitrogens with one attached hydrogen (secondary N) is 1. The van der Waals surface area contributed by atoms with Crippen LogP contribution in [0.15, 0.2) is 14.6 Å². The van der Waals surface area contributed by atoms with E-state index in [-0.39, 0.29) is 10.3 Å². The number of nitrogens with zero attached hydrogens (tertiary/aromatic N) is 2. The standard InChI is InChI=1S/C21H25FN4O4S2/c1-20(29,10-27)15-9-13(22)18(31-15)32(23,30)26-19(28)25-16-11-3-2-4-14(11)24-17-12(16)5-6-21(17)7-8-21/h9,27,29H,2-8,10H2,1H3,(H3,23,24,25,26,28,30)/t20-,32?/m0/s1. The third kappa shape index (κ3) is 3.47. The van der Waals surface area contributed by atoms with Crippen LogP contribution in [0.3, 0.4) is 0 Å². The van der Waals surface area contributed by atoms with Gasteiger partial charge in [0.05, 0.1) is 18.0 Å². The summed E-state index contributed by atoms with van der Waals surface area (Å²) in [5.41, 5.74) is 3.22. The Balaban J connectivity index is 1.49. The van der Waals surface area contributed by atoms with Gasteiger partial charge in [-0.1, -0.05) is 0 Å². The highest BCUT2D eigenvalue weighted by molar-refractivity contribution is 7.93. The number of nitrogens with two attached hydrogens (primary N) is 1. The molecular formula is C21H25FN4O4S2. The number of anilines is 1. The van der Waals surface area contributed by atoms with Gasteiger partial charge in [-0.2, -0.15) is 0 Å². The van der Waals surface area contributed by atoms with Crippen LogP contribution in [-0.4, -0.2) is 32.0 Å². The largest absolute Gasteiger partial charge is 0.393 e. The number of aryl methyl sites for hydroxylation is 1. The summed E-state index contributed by atoms with van der Waals surface area (Å²) < 4.78 is 30.6. The van der Waals surface area contributed by atoms with E-state index < -0.39 is 38.2 Å². The van der Waals surface area contributed by atoms with Crippen molar-refractivity contribution in [2.24, 2.45) is 9.50 Å². The molecular weight excluding hydrogens is 455 g/mol. The number of thiophene rings is 1. The number of hydrogen-bond acceptors (Lipinski definition) is 6. The molecule has 2 heterocycles. The highest BCUT2D eigenvalue weighted by Crippen LogP contribution is 2.58. The summed E-state index contributed by atoms with van der Waals surface area (Å²) in [6.45, 7) is 0.636. The van der Waals surface area contributed by atoms with Gasteiger partial charge in [0.25, 0.3) is 0 Å². The van der Waals surface area contributed by atoms with Crippen molar-refractivity contribution < 1.29 is 23.6 Å². The minimum atomic E-state index is -3.90. The summed E-state index contributed by atoms with van der Waals surface area (Å²) in [7, 11) is -3.90. The van der Waals surface area contributed by atoms with Crippen LogP contribution in [0.25, 0.3) is 0 Å². The first kappa shape index (κ1) is 21.9. The van der Waals surface area contributed by atoms with Crippen molar-refractivity contribution in [1.29, 1.82) is 0 Å². The Morgan fingerprint density at radius 1 is 1.38 bits per heavy atom. The molecule has 0 saturated heterocycles. The summed E-state index contributed by atoms with van der Waals surface area (Å²) in [4.78, 5) is 17.8. The van der Waals surface area contributed by atoms with Gasteiger partial charge in [-0.25, -0.2) is 18.5 Å². The number of hydrogen-bond donors (Lipinski definition) is 4. The average Bonchev–Trinajstić information content (AvgIpc) is 3.03. The van der Waals surface area contributed by atoms with Crippen LogP contribution >= 0.6 is 11.3 Å². The summed E-state index contributed by atoms with van der Waals surface area (Å²) in [6, 6.07) is 0.0495. The maximum atomic E-state index is 14.5. The maximum absolute atomic E-state index is 14.5. The van der Waals surface area contributed by atoms with E-state index in [1.165, 1.54) is 6.92 Å². The Morgan fingerprint density at radius 2 is 2.12 bits per heavy atom. The van der Waals surface area contributed by atoms with Crippen LogP contribution in [-0.2, 0) is 40.2 Å². The molecule has 8 nitrogen and oxygen atoms in total. The normalized spacial score (nSPS) is 21.5. The van der Waals surface area contributed by atoms with Gasteiger partial charge in [-0.05, 0) is 69.1 Å². The second-order valence-electron chi connectivity index (χ2n) is 9.14. The quantitative estimate of drug-likeness (QED) is 0.533. The van der Waals surface area contributed by atoms with Crippen molar-refractivity contribution >= 4 is 33.0 Å². The molecule has 1 fully saturated rings. The third-order valence-corrected chi connectivity index (χ3v) is 10.0. The first-order chi connectivity index (χ1) is 15.1. The van der Waals surface area contributed by atoms with Crippen LogP contribution in [0.5, 0.6) is 0 Å². The van der Waals surface area contributed by atoms with E-state index in [0.717, 1.165) is 73.5 Å². The van der Waals surface area contributed by atoms with Gasteiger partial charge in [0.2, 0.25) is 0 Å². The first-order valence-electron chi connectivity index (χ1n) is 10.6. The van der Waals surface area contributed by atoms with Crippen LogP contribution in [0.4, 0.5) is 14.9 Å². The molecule has 1 unspecified atom stereocenters. The minimum Gasteiger partial charge on any atom is -0.393 e. The zero-order chi connectivity index (χ0) is 22.9. The predicted octanol–water partition coefficient (Wildman–Crippen LogP) is 2.88. The summed E-state index contributed by atoms with van der Waals surface area (Å²) >= 11 is 0.625. The number of aliphatic hydroxyl groups is 2. The molecule has 2 atom stereocenters. The van der Waals surface area contributed by atoms with E-state index in [1.807, 2.05) is 0 Å². The second-order valence-corrected chi connectivity index (χ2v) is 12.2. The molecule has 3 aliphatic carbocycles. The number of carbonyl (C=O) groups excluding carboxylic acids is 1. The lowest BCUT2D eigenvalue weighted by atomic mass is 10.0. The number of amides is 2. The van der Waals surface area contributed by atoms with Crippen molar-refractivity contribution in [2.45, 2.75) is 67.1 Å². The van der Waals surface area contributed by atoms with Gasteiger partial charge in [-0.3, -0.25) is 4.98 Å². The molecule has 0 aromatic carbocycles. The van der Waals surface area contributed by atoms with E-state index in [4.69, 9.17) is 10.1 Å². The van der Waals surface area contributed by atoms with Crippen LogP contribution in [0.1, 0.15) is 60.0 Å². The van der Waals surface area contributed by atoms with Crippen molar-refractivity contribution in [2.75, 3.05) is 11.9 Å². The molecule has 0 radical (unpaired) electrons. The highest BCUT2D eigenvalue weighted by atomic mass is 32.2. The lowest BCUT2D eigenvalue weighted by Gasteiger charge is -2.17. The molecule has 0 bridgehead atoms. The Morgan fingerprint density at radius 3 is 2.81 bits per heavy atom. The average molecular weight is 481 g/mol. The summed E-state index contributed by atoms with van der Waals surface area (Å²) in [6.07, 6.45) is 6.67. The molecule has 5 N–H and O–H groups in total. The van der Waals surface area contributed by atoms with E-state index in [2.05, 4.69) is 9.68 Å². The maximum Gasteiger partial charge on any atom is 0.354 e. The van der Waals surface area contributed by atoms with E-state index in [9.17, 15) is 23.6 Å². The number of fused-ring (bicyclic) bond motifs is 3. The van der Waals surface area contributed by atoms with E-state index in [0.29, 0.717) is 17.0 Å². The number of aliphatic hydroxyl groups excluding tert-OH is 1. The monoisotopic (exact) mass is 480 g/mol. The lowest BCUT2D eigenvalue weighted by molar-refractivity contribution is 0.000654. The smallest absolute Gasteiger partial charge is 0.354 e. The van der Waals surface area contributed by atoms with Crippen molar-refractivity contribution in [3.05, 3.63) is 39.3 Å². The molecule has 2 aromatic rings. The van der Waals surface area contributed by atoms with E-state index >= 15 is 0 Å². The molecule has 5 rings (SSSR count). The highest BCUT2D eigenvalue weighted by Gasteiger charge is 2.51. The molecule has 2 amide bonds. The van der Waals surface area contributed by atoms with Crippen LogP contribution in [0, 0.1) is 5.82 Å². The number of carbonyl (C=O) groups is 1. The fourth-order valence-corrected chi connectivity index (χ4v) is 7.14. The minimum absolute atomic E-state index is 0.0424. The predicted molar refractivity (Wildman–Crippen MR) is 118 cm³/mol. The fraction of sp³-hybridized carbons (Fsp3) is 0.524. The third-order valence-electron chi connectivity index (χ3n) is 6.74. The van der Waals surface area contributed by atoms with E-state index in [1.54, 1.807) is 0 Å². The SMILES string of the molecule is C[C@](O)(CO)c1cc(F)c(S(N)(=O)=NC(=O)Nc2c3c(nc4c2CCC42CC2)CCC3)s1. The molecule has 1 spiro atoms. The topological polar surface area (TPSA) is 138 Å². The zero-order valence-corrected chi connectivity index (χ0v) is 19.2. The number of halogens is 1. The molecule has 0 aliphatic heterocycles. The van der Waals surface area contributed by atoms with Gasteiger partial charge in [-0.15, -0.1) is 15.7 Å². The zero-order valence-electron chi connectivity index (χ0n) is 17.6. The lowest BCUT2D eigenvalue weighted by Crippen LogP contribution is -2.24. The Labute approximate surface area is 189 Å². The van der Waals surface area contributed by atoms with Gasteiger partial charge >= 0.3 is 6.03 Å². The number of rotatable bonds is 4. The van der Waals surface area contributed by atoms with Crippen LogP contribution < -0.4 is 10.5 Å². The van der Waals surface area contributed by atoms with Crippen molar-refractivity contribution in [3.8, 4) is 0 Å². The summed E-state index contributed by atoms with van der Waals surface area (Å²) in [5, 5.41) is 28.0.